The lowest BCUT2D eigenvalue weighted by molar-refractivity contribution is -0.135. The molecule has 1 fully saturated rings. The molecule has 0 radical (unpaired) electrons. The van der Waals surface area contributed by atoms with Crippen LogP contribution >= 0.6 is 0 Å². The van der Waals surface area contributed by atoms with Crippen LogP contribution in [0.3, 0.4) is 0 Å². The van der Waals surface area contributed by atoms with Crippen LogP contribution in [0.1, 0.15) is 63.2 Å². The van der Waals surface area contributed by atoms with Crippen molar-refractivity contribution in [3.63, 3.8) is 0 Å². The van der Waals surface area contributed by atoms with Gasteiger partial charge in [-0.3, -0.25) is 9.79 Å². The molecule has 0 aromatic heterocycles. The van der Waals surface area contributed by atoms with Gasteiger partial charge in [0.15, 0.2) is 5.96 Å². The van der Waals surface area contributed by atoms with E-state index in [0.29, 0.717) is 6.04 Å². The second kappa shape index (κ2) is 11.3. The van der Waals surface area contributed by atoms with Crippen LogP contribution in [0.15, 0.2) is 29.3 Å². The molecule has 3 rings (SSSR count). The number of ether oxygens (including phenoxy) is 1. The van der Waals surface area contributed by atoms with Gasteiger partial charge in [0, 0.05) is 45.2 Å². The molecular formula is C24H38N4O2. The van der Waals surface area contributed by atoms with Gasteiger partial charge in [-0.05, 0) is 49.7 Å². The van der Waals surface area contributed by atoms with Crippen molar-refractivity contribution in [3.05, 3.63) is 35.4 Å². The number of fused-ring (bicyclic) bond motifs is 1. The first-order chi connectivity index (χ1) is 14.6. The standard InChI is InChI=1S/C24H38N4O2/c1-18(2)23(29)28-15-12-20(13-16-28)27-24(25-3)26-14-7-17-30-22-11-6-9-19-8-4-5-10-21(19)22/h4-5,8,10,18,20,22H,6-7,9,11-17H2,1-3H3,(H2,25,26,27). The van der Waals surface area contributed by atoms with E-state index in [0.717, 1.165) is 57.9 Å². The van der Waals surface area contributed by atoms with Crippen molar-refractivity contribution >= 4 is 11.9 Å². The van der Waals surface area contributed by atoms with Gasteiger partial charge in [-0.15, -0.1) is 0 Å². The van der Waals surface area contributed by atoms with Gasteiger partial charge in [0.2, 0.25) is 5.91 Å². The van der Waals surface area contributed by atoms with Crippen molar-refractivity contribution < 1.29 is 9.53 Å². The molecule has 1 aromatic rings. The Bertz CT molecular complexity index is 711. The van der Waals surface area contributed by atoms with Crippen LogP contribution in [-0.4, -0.2) is 56.1 Å². The van der Waals surface area contributed by atoms with Crippen molar-refractivity contribution in [2.45, 2.75) is 64.5 Å². The van der Waals surface area contributed by atoms with E-state index in [4.69, 9.17) is 4.74 Å². The van der Waals surface area contributed by atoms with Gasteiger partial charge < -0.3 is 20.3 Å². The molecule has 1 aliphatic heterocycles. The van der Waals surface area contributed by atoms with Crippen molar-refractivity contribution in [2.24, 2.45) is 10.9 Å². The molecule has 1 amide bonds. The van der Waals surface area contributed by atoms with E-state index < -0.39 is 0 Å². The Labute approximate surface area is 181 Å². The second-order valence-corrected chi connectivity index (χ2v) is 8.70. The average Bonchev–Trinajstić information content (AvgIpc) is 2.78. The molecular weight excluding hydrogens is 376 g/mol. The highest BCUT2D eigenvalue weighted by atomic mass is 16.5. The fourth-order valence-corrected chi connectivity index (χ4v) is 4.38. The van der Waals surface area contributed by atoms with Crippen LogP contribution < -0.4 is 10.6 Å². The second-order valence-electron chi connectivity index (χ2n) is 8.70. The minimum absolute atomic E-state index is 0.0771. The average molecular weight is 415 g/mol. The maximum Gasteiger partial charge on any atom is 0.225 e. The highest BCUT2D eigenvalue weighted by Crippen LogP contribution is 2.32. The zero-order valence-electron chi connectivity index (χ0n) is 18.8. The molecule has 166 valence electrons. The van der Waals surface area contributed by atoms with Gasteiger partial charge in [0.1, 0.15) is 0 Å². The summed E-state index contributed by atoms with van der Waals surface area (Å²) in [7, 11) is 1.81. The number of benzene rings is 1. The SMILES string of the molecule is CN=C(NCCCOC1CCCc2ccccc21)NC1CCN(C(=O)C(C)C)CC1. The Kier molecular flexibility index (Phi) is 8.55. The Morgan fingerprint density at radius 2 is 2.00 bits per heavy atom. The molecule has 0 bridgehead atoms. The third-order valence-electron chi connectivity index (χ3n) is 6.11. The Balaban J connectivity index is 1.33. The fourth-order valence-electron chi connectivity index (χ4n) is 4.38. The van der Waals surface area contributed by atoms with Gasteiger partial charge in [0.05, 0.1) is 6.10 Å². The molecule has 2 aliphatic rings. The van der Waals surface area contributed by atoms with Gasteiger partial charge in [-0.2, -0.15) is 0 Å². The monoisotopic (exact) mass is 414 g/mol. The summed E-state index contributed by atoms with van der Waals surface area (Å²) in [5.74, 6) is 1.18. The van der Waals surface area contributed by atoms with E-state index in [1.54, 1.807) is 0 Å². The normalized spacial score (nSPS) is 20.2. The lowest BCUT2D eigenvalue weighted by Gasteiger charge is -2.34. The van der Waals surface area contributed by atoms with Crippen molar-refractivity contribution in [3.8, 4) is 0 Å². The van der Waals surface area contributed by atoms with E-state index in [-0.39, 0.29) is 17.9 Å². The summed E-state index contributed by atoms with van der Waals surface area (Å²) in [4.78, 5) is 18.5. The first kappa shape index (κ1) is 22.6. The van der Waals surface area contributed by atoms with E-state index in [1.165, 1.54) is 24.0 Å². The molecule has 1 saturated heterocycles. The van der Waals surface area contributed by atoms with Gasteiger partial charge in [0.25, 0.3) is 0 Å². The molecule has 1 aliphatic carbocycles. The quantitative estimate of drug-likeness (QED) is 0.408. The predicted molar refractivity (Wildman–Crippen MR) is 122 cm³/mol. The third kappa shape index (κ3) is 6.21. The number of nitrogens with zero attached hydrogens (tertiary/aromatic N) is 2. The van der Waals surface area contributed by atoms with E-state index in [9.17, 15) is 4.79 Å². The summed E-state index contributed by atoms with van der Waals surface area (Å²) in [6.45, 7) is 7.16. The number of likely N-dealkylation sites (tertiary alicyclic amines) is 1. The fraction of sp³-hybridized carbons (Fsp3) is 0.667. The number of carbonyl (C=O) groups is 1. The zero-order chi connectivity index (χ0) is 21.3. The molecule has 0 spiro atoms. The van der Waals surface area contributed by atoms with Crippen LogP contribution in [0.5, 0.6) is 0 Å². The Hall–Kier alpha value is -2.08. The van der Waals surface area contributed by atoms with E-state index >= 15 is 0 Å². The topological polar surface area (TPSA) is 66.0 Å². The van der Waals surface area contributed by atoms with E-state index in [1.807, 2.05) is 25.8 Å². The van der Waals surface area contributed by atoms with Crippen LogP contribution in [-0.2, 0) is 16.0 Å². The molecule has 1 aromatic carbocycles. The first-order valence-electron chi connectivity index (χ1n) is 11.5. The van der Waals surface area contributed by atoms with Gasteiger partial charge >= 0.3 is 0 Å². The lowest BCUT2D eigenvalue weighted by Crippen LogP contribution is -2.50. The minimum Gasteiger partial charge on any atom is -0.373 e. The first-order valence-corrected chi connectivity index (χ1v) is 11.5. The van der Waals surface area contributed by atoms with Crippen LogP contribution in [0.25, 0.3) is 0 Å². The van der Waals surface area contributed by atoms with Crippen molar-refractivity contribution in [2.75, 3.05) is 33.3 Å². The summed E-state index contributed by atoms with van der Waals surface area (Å²) < 4.78 is 6.19. The van der Waals surface area contributed by atoms with Crippen LogP contribution in [0.2, 0.25) is 0 Å². The number of hydrogen-bond donors (Lipinski definition) is 2. The number of rotatable bonds is 7. The number of guanidine groups is 1. The number of hydrogen-bond acceptors (Lipinski definition) is 3. The highest BCUT2D eigenvalue weighted by molar-refractivity contribution is 5.80. The van der Waals surface area contributed by atoms with Crippen molar-refractivity contribution in [1.82, 2.24) is 15.5 Å². The molecule has 2 N–H and O–H groups in total. The van der Waals surface area contributed by atoms with Gasteiger partial charge in [-0.25, -0.2) is 0 Å². The summed E-state index contributed by atoms with van der Waals surface area (Å²) in [5.41, 5.74) is 2.81. The molecule has 0 saturated carbocycles. The number of carbonyl (C=O) groups excluding carboxylic acids is 1. The molecule has 1 atom stereocenters. The zero-order valence-corrected chi connectivity index (χ0v) is 18.8. The minimum atomic E-state index is 0.0771. The number of aliphatic imine (C=N–C) groups is 1. The van der Waals surface area contributed by atoms with Crippen LogP contribution in [0, 0.1) is 5.92 Å². The Morgan fingerprint density at radius 1 is 1.23 bits per heavy atom. The van der Waals surface area contributed by atoms with Gasteiger partial charge in [-0.1, -0.05) is 38.1 Å². The summed E-state index contributed by atoms with van der Waals surface area (Å²) in [5, 5.41) is 6.91. The number of piperidine rings is 1. The lowest BCUT2D eigenvalue weighted by atomic mass is 9.89. The largest absolute Gasteiger partial charge is 0.373 e. The third-order valence-corrected chi connectivity index (χ3v) is 6.11. The highest BCUT2D eigenvalue weighted by Gasteiger charge is 2.24. The van der Waals surface area contributed by atoms with Crippen LogP contribution in [0.4, 0.5) is 0 Å². The molecule has 6 heteroatoms. The molecule has 1 heterocycles. The van der Waals surface area contributed by atoms with Crippen molar-refractivity contribution in [1.29, 1.82) is 0 Å². The predicted octanol–water partition coefficient (Wildman–Crippen LogP) is 3.28. The molecule has 30 heavy (non-hydrogen) atoms. The smallest absolute Gasteiger partial charge is 0.225 e. The summed E-state index contributed by atoms with van der Waals surface area (Å²) in [6.07, 6.45) is 6.60. The number of aryl methyl sites for hydroxylation is 1. The summed E-state index contributed by atoms with van der Waals surface area (Å²) >= 11 is 0. The Morgan fingerprint density at radius 3 is 2.73 bits per heavy atom. The number of nitrogens with one attached hydrogen (secondary N) is 2. The summed E-state index contributed by atoms with van der Waals surface area (Å²) in [6, 6.07) is 9.04. The number of amides is 1. The molecule has 1 unspecified atom stereocenters. The maximum absolute atomic E-state index is 12.1. The van der Waals surface area contributed by atoms with E-state index in [2.05, 4.69) is 39.9 Å². The maximum atomic E-state index is 12.1. The molecule has 6 nitrogen and oxygen atoms in total.